The molecule has 1 atom stereocenters. The zero-order chi connectivity index (χ0) is 14.2. The number of nitrogens with one attached hydrogen (secondary N) is 1. The topological polar surface area (TPSA) is 41.6 Å². The summed E-state index contributed by atoms with van der Waals surface area (Å²) in [4.78, 5) is 13.3. The lowest BCUT2D eigenvalue weighted by Crippen LogP contribution is -2.40. The Bertz CT molecular complexity index is 368. The van der Waals surface area contributed by atoms with Crippen molar-refractivity contribution in [3.05, 3.63) is 0 Å². The van der Waals surface area contributed by atoms with Gasteiger partial charge in [-0.05, 0) is 44.7 Å². The fourth-order valence-corrected chi connectivity index (χ4v) is 3.22. The third-order valence-corrected chi connectivity index (χ3v) is 4.51. The molecule has 0 spiro atoms. The third kappa shape index (κ3) is 3.28. The lowest BCUT2D eigenvalue weighted by molar-refractivity contribution is -0.159. The minimum atomic E-state index is -3.28. The quantitative estimate of drug-likeness (QED) is 0.777. The molecule has 0 bridgehead atoms. The Morgan fingerprint density at radius 1 is 1.20 bits per heavy atom. The molecule has 2 saturated heterocycles. The first-order valence-electron chi connectivity index (χ1n) is 7.58. The van der Waals surface area contributed by atoms with Gasteiger partial charge in [0, 0.05) is 19.1 Å². The molecule has 0 amide bonds. The van der Waals surface area contributed by atoms with Gasteiger partial charge in [-0.25, -0.2) is 4.79 Å². The van der Waals surface area contributed by atoms with Gasteiger partial charge >= 0.3 is 11.9 Å². The average molecular weight is 288 g/mol. The van der Waals surface area contributed by atoms with E-state index < -0.39 is 24.4 Å². The summed E-state index contributed by atoms with van der Waals surface area (Å²) in [6, 6.07) is 0.512. The normalized spacial score (nSPS) is 30.8. The lowest BCUT2D eigenvalue weighted by Gasteiger charge is -2.31. The first-order valence-corrected chi connectivity index (χ1v) is 7.58. The highest BCUT2D eigenvalue weighted by Gasteiger charge is 2.51. The highest BCUT2D eigenvalue weighted by Crippen LogP contribution is 2.34. The van der Waals surface area contributed by atoms with E-state index in [9.17, 15) is 13.6 Å². The lowest BCUT2D eigenvalue weighted by atomic mass is 9.97. The van der Waals surface area contributed by atoms with Crippen LogP contribution in [0, 0.1) is 5.92 Å². The molecular weight excluding hydrogens is 266 g/mol. The summed E-state index contributed by atoms with van der Waals surface area (Å²) in [6.45, 7) is 3.50. The van der Waals surface area contributed by atoms with Crippen molar-refractivity contribution in [1.29, 1.82) is 0 Å². The molecule has 0 aromatic rings. The molecule has 1 saturated carbocycles. The van der Waals surface area contributed by atoms with E-state index in [0.717, 1.165) is 45.3 Å². The molecule has 1 unspecified atom stereocenters. The van der Waals surface area contributed by atoms with Crippen molar-refractivity contribution >= 4 is 5.97 Å². The van der Waals surface area contributed by atoms with Crippen LogP contribution in [0.2, 0.25) is 0 Å². The first-order chi connectivity index (χ1) is 9.54. The Hall–Kier alpha value is -0.750. The molecule has 1 N–H and O–H groups in total. The number of nitrogens with zero attached hydrogens (tertiary/aromatic N) is 1. The predicted molar refractivity (Wildman–Crippen MR) is 69.6 cm³/mol. The number of cyclic esters (lactones) is 1. The number of hydrogen-bond donors (Lipinski definition) is 1. The molecule has 3 rings (SSSR count). The van der Waals surface area contributed by atoms with Crippen molar-refractivity contribution in [3.8, 4) is 0 Å². The second kappa shape index (κ2) is 5.56. The molecule has 20 heavy (non-hydrogen) atoms. The van der Waals surface area contributed by atoms with E-state index in [4.69, 9.17) is 4.74 Å². The van der Waals surface area contributed by atoms with Crippen LogP contribution < -0.4 is 5.32 Å². The maximum absolute atomic E-state index is 13.2. The molecule has 3 fully saturated rings. The summed E-state index contributed by atoms with van der Waals surface area (Å²) in [5.41, 5.74) is 0. The molecule has 2 heterocycles. The fourth-order valence-electron chi connectivity index (χ4n) is 3.22. The van der Waals surface area contributed by atoms with Crippen LogP contribution in [-0.4, -0.2) is 55.1 Å². The van der Waals surface area contributed by atoms with E-state index in [2.05, 4.69) is 10.2 Å². The Balaban J connectivity index is 1.54. The summed E-state index contributed by atoms with van der Waals surface area (Å²) in [7, 11) is 0. The van der Waals surface area contributed by atoms with Gasteiger partial charge in [0.15, 0.2) is 0 Å². The second-order valence-corrected chi connectivity index (χ2v) is 6.31. The predicted octanol–water partition coefficient (Wildman–Crippen LogP) is 1.40. The van der Waals surface area contributed by atoms with Gasteiger partial charge < -0.3 is 10.1 Å². The second-order valence-electron chi connectivity index (χ2n) is 6.31. The zero-order valence-corrected chi connectivity index (χ0v) is 11.6. The summed E-state index contributed by atoms with van der Waals surface area (Å²) in [5, 5.41) is 3.34. The number of esters is 1. The SMILES string of the molecule is O=C1OC(CN(CC2CCNCC2)C2CC2)CC1(F)F. The standard InChI is InChI=1S/C14H22F2N2O2/c15-14(16)7-12(20-13(14)19)9-18(11-1-2-11)8-10-3-5-17-6-4-10/h10-12,17H,1-9H2. The van der Waals surface area contributed by atoms with Gasteiger partial charge in [-0.3, -0.25) is 4.90 Å². The zero-order valence-electron chi connectivity index (χ0n) is 11.6. The minimum Gasteiger partial charge on any atom is -0.456 e. The summed E-state index contributed by atoms with van der Waals surface area (Å²) in [5.74, 6) is -4.00. The van der Waals surface area contributed by atoms with Crippen molar-refractivity contribution in [3.63, 3.8) is 0 Å². The summed E-state index contributed by atoms with van der Waals surface area (Å²) >= 11 is 0. The molecule has 0 aromatic heterocycles. The van der Waals surface area contributed by atoms with Crippen LogP contribution in [0.1, 0.15) is 32.1 Å². The van der Waals surface area contributed by atoms with E-state index in [1.54, 1.807) is 0 Å². The molecule has 6 heteroatoms. The van der Waals surface area contributed by atoms with Gasteiger partial charge in [0.05, 0.1) is 6.42 Å². The number of alkyl halides is 2. The van der Waals surface area contributed by atoms with Crippen LogP contribution >= 0.6 is 0 Å². The molecule has 0 aromatic carbocycles. The van der Waals surface area contributed by atoms with Crippen molar-refractivity contribution in [2.45, 2.75) is 50.2 Å². The number of rotatable bonds is 5. The number of hydrogen-bond acceptors (Lipinski definition) is 4. The van der Waals surface area contributed by atoms with Crippen LogP contribution in [0.4, 0.5) is 8.78 Å². The largest absolute Gasteiger partial charge is 0.456 e. The van der Waals surface area contributed by atoms with Gasteiger partial charge in [-0.2, -0.15) is 8.78 Å². The number of carbonyl (C=O) groups is 1. The highest BCUT2D eigenvalue weighted by molar-refractivity contribution is 5.79. The van der Waals surface area contributed by atoms with Crippen molar-refractivity contribution in [2.75, 3.05) is 26.2 Å². The number of halogens is 2. The third-order valence-electron chi connectivity index (χ3n) is 4.51. The van der Waals surface area contributed by atoms with Crippen LogP contribution in [0.3, 0.4) is 0 Å². The van der Waals surface area contributed by atoms with Crippen molar-refractivity contribution in [1.82, 2.24) is 10.2 Å². The average Bonchev–Trinajstić information content (AvgIpc) is 3.19. The Labute approximate surface area is 117 Å². The summed E-state index contributed by atoms with van der Waals surface area (Å²) in [6.07, 6.45) is 3.47. The number of carbonyl (C=O) groups excluding carboxylic acids is 1. The Morgan fingerprint density at radius 3 is 2.45 bits per heavy atom. The van der Waals surface area contributed by atoms with Gasteiger partial charge in [-0.1, -0.05) is 0 Å². The van der Waals surface area contributed by atoms with Crippen molar-refractivity contribution < 1.29 is 18.3 Å². The van der Waals surface area contributed by atoms with Crippen LogP contribution in [0.25, 0.3) is 0 Å². The highest BCUT2D eigenvalue weighted by atomic mass is 19.3. The van der Waals surface area contributed by atoms with E-state index in [1.807, 2.05) is 0 Å². The monoisotopic (exact) mass is 288 g/mol. The maximum atomic E-state index is 13.2. The van der Waals surface area contributed by atoms with E-state index in [1.165, 1.54) is 0 Å². The number of ether oxygens (including phenoxy) is 1. The Morgan fingerprint density at radius 2 is 1.90 bits per heavy atom. The molecule has 0 radical (unpaired) electrons. The first kappa shape index (κ1) is 14.2. The molecule has 114 valence electrons. The molecular formula is C14H22F2N2O2. The van der Waals surface area contributed by atoms with Crippen molar-refractivity contribution in [2.24, 2.45) is 5.92 Å². The van der Waals surface area contributed by atoms with Crippen LogP contribution in [0.5, 0.6) is 0 Å². The minimum absolute atomic E-state index is 0.457. The van der Waals surface area contributed by atoms with Gasteiger partial charge in [-0.15, -0.1) is 0 Å². The molecule has 2 aliphatic heterocycles. The Kier molecular flexibility index (Phi) is 3.95. The van der Waals surface area contributed by atoms with E-state index in [-0.39, 0.29) is 0 Å². The number of piperidine rings is 1. The van der Waals surface area contributed by atoms with E-state index in [0.29, 0.717) is 18.5 Å². The van der Waals surface area contributed by atoms with Crippen LogP contribution in [-0.2, 0) is 9.53 Å². The van der Waals surface area contributed by atoms with E-state index >= 15 is 0 Å². The molecule has 1 aliphatic carbocycles. The van der Waals surface area contributed by atoms with Gasteiger partial charge in [0.2, 0.25) is 0 Å². The van der Waals surface area contributed by atoms with Gasteiger partial charge in [0.25, 0.3) is 0 Å². The molecule has 4 nitrogen and oxygen atoms in total. The molecule has 3 aliphatic rings. The summed E-state index contributed by atoms with van der Waals surface area (Å²) < 4.78 is 31.3. The fraction of sp³-hybridized carbons (Fsp3) is 0.929. The van der Waals surface area contributed by atoms with Gasteiger partial charge in [0.1, 0.15) is 6.10 Å². The van der Waals surface area contributed by atoms with Crippen LogP contribution in [0.15, 0.2) is 0 Å². The smallest absolute Gasteiger partial charge is 0.377 e. The maximum Gasteiger partial charge on any atom is 0.377 e.